The summed E-state index contributed by atoms with van der Waals surface area (Å²) in [5.41, 5.74) is 1.36. The predicted octanol–water partition coefficient (Wildman–Crippen LogP) is 1.57. The van der Waals surface area contributed by atoms with Crippen LogP contribution in [0.5, 0.6) is 0 Å². The Kier molecular flexibility index (Phi) is 2.84. The Bertz CT molecular complexity index is 232. The van der Waals surface area contributed by atoms with Gasteiger partial charge in [0, 0.05) is 6.42 Å². The minimum Gasteiger partial charge on any atom is -0.245 e. The van der Waals surface area contributed by atoms with Gasteiger partial charge in [0.05, 0.1) is 0 Å². The first kappa shape index (κ1) is 7.99. The van der Waals surface area contributed by atoms with Crippen molar-refractivity contribution in [2.24, 2.45) is 0 Å². The lowest BCUT2D eigenvalue weighted by atomic mass is 10.2. The smallest absolute Gasteiger partial charge is 0.143 e. The van der Waals surface area contributed by atoms with E-state index < -0.39 is 0 Å². The fraction of sp³-hybridized carbons (Fsp3) is 0.300. The summed E-state index contributed by atoms with van der Waals surface area (Å²) in [5, 5.41) is 0. The van der Waals surface area contributed by atoms with Crippen LogP contribution in [0.15, 0.2) is 30.3 Å². The first-order valence-corrected chi connectivity index (χ1v) is 3.83. The van der Waals surface area contributed by atoms with Gasteiger partial charge in [-0.25, -0.2) is 4.58 Å². The van der Waals surface area contributed by atoms with Crippen molar-refractivity contribution in [3.05, 3.63) is 35.9 Å². The molecule has 0 bridgehead atoms. The normalized spacial score (nSPS) is 9.27. The molecule has 1 heteroatoms. The average Bonchev–Trinajstić information content (AvgIpc) is 2.03. The van der Waals surface area contributed by atoms with E-state index in [-0.39, 0.29) is 0 Å². The third-order valence-corrected chi connectivity index (χ3v) is 1.53. The molecule has 0 heterocycles. The van der Waals surface area contributed by atoms with Crippen LogP contribution in [-0.2, 0) is 6.42 Å². The zero-order chi connectivity index (χ0) is 8.10. The molecule has 0 aliphatic heterocycles. The highest BCUT2D eigenvalue weighted by Gasteiger charge is 1.89. The topological polar surface area (TPSA) is 3.01 Å². The van der Waals surface area contributed by atoms with E-state index in [9.17, 15) is 0 Å². The molecule has 11 heavy (non-hydrogen) atoms. The molecule has 0 aliphatic rings. The van der Waals surface area contributed by atoms with Crippen molar-refractivity contribution in [3.63, 3.8) is 0 Å². The lowest BCUT2D eigenvalue weighted by Crippen LogP contribution is -2.00. The minimum absolute atomic E-state index is 1.02. The van der Waals surface area contributed by atoms with Crippen molar-refractivity contribution in [1.82, 2.24) is 0 Å². The molecule has 1 aromatic rings. The SMILES string of the molecule is C[N+](C)=CCc1ccccc1. The highest BCUT2D eigenvalue weighted by atomic mass is 14.9. The fourth-order valence-electron chi connectivity index (χ4n) is 0.902. The largest absolute Gasteiger partial charge is 0.245 e. The number of hydrogen-bond donors (Lipinski definition) is 0. The maximum absolute atomic E-state index is 2.16. The summed E-state index contributed by atoms with van der Waals surface area (Å²) in [6.07, 6.45) is 3.18. The molecule has 0 aliphatic carbocycles. The van der Waals surface area contributed by atoms with E-state index in [4.69, 9.17) is 0 Å². The van der Waals surface area contributed by atoms with Gasteiger partial charge < -0.3 is 0 Å². The quantitative estimate of drug-likeness (QED) is 0.442. The number of hydrogen-bond acceptors (Lipinski definition) is 0. The van der Waals surface area contributed by atoms with Crippen LogP contribution >= 0.6 is 0 Å². The van der Waals surface area contributed by atoms with Crippen LogP contribution in [0.3, 0.4) is 0 Å². The van der Waals surface area contributed by atoms with Gasteiger partial charge in [-0.05, 0) is 5.56 Å². The summed E-state index contributed by atoms with van der Waals surface area (Å²) in [7, 11) is 4.09. The molecular formula is C10H14N+. The van der Waals surface area contributed by atoms with Crippen LogP contribution in [0.4, 0.5) is 0 Å². The van der Waals surface area contributed by atoms with Gasteiger partial charge >= 0.3 is 0 Å². The Morgan fingerprint density at radius 2 is 1.82 bits per heavy atom. The third kappa shape index (κ3) is 2.99. The zero-order valence-corrected chi connectivity index (χ0v) is 7.12. The first-order valence-electron chi connectivity index (χ1n) is 3.83. The molecule has 0 unspecified atom stereocenters. The minimum atomic E-state index is 1.02. The number of rotatable bonds is 2. The van der Waals surface area contributed by atoms with Gasteiger partial charge in [0.25, 0.3) is 0 Å². The van der Waals surface area contributed by atoms with Crippen LogP contribution in [0.25, 0.3) is 0 Å². The van der Waals surface area contributed by atoms with Gasteiger partial charge in [0.1, 0.15) is 20.3 Å². The number of nitrogens with zero attached hydrogens (tertiary/aromatic N) is 1. The van der Waals surface area contributed by atoms with Crippen molar-refractivity contribution >= 4 is 6.21 Å². The summed E-state index contributed by atoms with van der Waals surface area (Å²) in [5.74, 6) is 0. The molecule has 58 valence electrons. The summed E-state index contributed by atoms with van der Waals surface area (Å²) in [6.45, 7) is 0. The Balaban J connectivity index is 2.59. The lowest BCUT2D eigenvalue weighted by molar-refractivity contribution is -0.460. The standard InChI is InChI=1S/C10H14N/c1-11(2)9-8-10-6-4-3-5-7-10/h3-7,9H,8H2,1-2H3/q+1. The first-order chi connectivity index (χ1) is 5.29. The van der Waals surface area contributed by atoms with Gasteiger partial charge in [0.15, 0.2) is 0 Å². The van der Waals surface area contributed by atoms with E-state index in [2.05, 4.69) is 35.1 Å². The van der Waals surface area contributed by atoms with E-state index >= 15 is 0 Å². The predicted molar refractivity (Wildman–Crippen MR) is 48.3 cm³/mol. The molecule has 1 nitrogen and oxygen atoms in total. The van der Waals surface area contributed by atoms with Crippen LogP contribution in [0.2, 0.25) is 0 Å². The van der Waals surface area contributed by atoms with Crippen LogP contribution in [0, 0.1) is 0 Å². The second-order valence-corrected chi connectivity index (χ2v) is 2.84. The van der Waals surface area contributed by atoms with Crippen molar-refractivity contribution < 1.29 is 4.58 Å². The molecule has 0 atom stereocenters. The summed E-state index contributed by atoms with van der Waals surface area (Å²) < 4.78 is 2.08. The molecular weight excluding hydrogens is 134 g/mol. The molecule has 0 saturated carbocycles. The van der Waals surface area contributed by atoms with Crippen molar-refractivity contribution in [1.29, 1.82) is 0 Å². The molecule has 0 spiro atoms. The van der Waals surface area contributed by atoms with Crippen molar-refractivity contribution in [2.45, 2.75) is 6.42 Å². The molecule has 1 rings (SSSR count). The maximum Gasteiger partial charge on any atom is 0.143 e. The second-order valence-electron chi connectivity index (χ2n) is 2.84. The molecule has 0 saturated heterocycles. The zero-order valence-electron chi connectivity index (χ0n) is 7.12. The van der Waals surface area contributed by atoms with E-state index in [1.165, 1.54) is 5.56 Å². The molecule has 0 N–H and O–H groups in total. The highest BCUT2D eigenvalue weighted by Crippen LogP contribution is 1.96. The molecule has 0 fully saturated rings. The maximum atomic E-state index is 2.16. The summed E-state index contributed by atoms with van der Waals surface area (Å²) in [6, 6.07) is 10.5. The van der Waals surface area contributed by atoms with E-state index in [1.54, 1.807) is 0 Å². The summed E-state index contributed by atoms with van der Waals surface area (Å²) in [4.78, 5) is 0. The third-order valence-electron chi connectivity index (χ3n) is 1.53. The Morgan fingerprint density at radius 1 is 1.18 bits per heavy atom. The Hall–Kier alpha value is -1.11. The molecule has 0 aromatic heterocycles. The van der Waals surface area contributed by atoms with Crippen molar-refractivity contribution in [3.8, 4) is 0 Å². The Morgan fingerprint density at radius 3 is 2.36 bits per heavy atom. The monoisotopic (exact) mass is 148 g/mol. The molecule has 1 aromatic carbocycles. The van der Waals surface area contributed by atoms with Gasteiger partial charge in [-0.15, -0.1) is 0 Å². The van der Waals surface area contributed by atoms with Crippen LogP contribution in [-0.4, -0.2) is 24.9 Å². The fourth-order valence-corrected chi connectivity index (χ4v) is 0.902. The van der Waals surface area contributed by atoms with Gasteiger partial charge in [-0.3, -0.25) is 0 Å². The van der Waals surface area contributed by atoms with Crippen molar-refractivity contribution in [2.75, 3.05) is 14.1 Å². The lowest BCUT2D eigenvalue weighted by Gasteiger charge is -1.91. The van der Waals surface area contributed by atoms with Crippen LogP contribution < -0.4 is 0 Å². The Labute approximate surface area is 68.0 Å². The number of benzene rings is 1. The van der Waals surface area contributed by atoms with E-state index in [0.29, 0.717) is 0 Å². The van der Waals surface area contributed by atoms with Crippen LogP contribution in [0.1, 0.15) is 5.56 Å². The highest BCUT2D eigenvalue weighted by molar-refractivity contribution is 5.55. The van der Waals surface area contributed by atoms with E-state index in [1.807, 2.05) is 20.2 Å². The second kappa shape index (κ2) is 3.91. The van der Waals surface area contributed by atoms with Gasteiger partial charge in [-0.1, -0.05) is 30.3 Å². The molecule has 0 amide bonds. The average molecular weight is 148 g/mol. The molecule has 0 radical (unpaired) electrons. The summed E-state index contributed by atoms with van der Waals surface area (Å²) >= 11 is 0. The van der Waals surface area contributed by atoms with Gasteiger partial charge in [0.2, 0.25) is 0 Å². The van der Waals surface area contributed by atoms with Gasteiger partial charge in [-0.2, -0.15) is 0 Å². The van der Waals surface area contributed by atoms with E-state index in [0.717, 1.165) is 6.42 Å².